The summed E-state index contributed by atoms with van der Waals surface area (Å²) >= 11 is 0. The summed E-state index contributed by atoms with van der Waals surface area (Å²) < 4.78 is 47.8. The molecule has 0 bridgehead atoms. The highest BCUT2D eigenvalue weighted by Crippen LogP contribution is 2.35. The minimum Gasteiger partial charge on any atom is -0.481 e. The number of carbonyl (C=O) groups is 2. The van der Waals surface area contributed by atoms with Crippen LogP contribution in [0.3, 0.4) is 0 Å². The molecule has 2 heterocycles. The molecule has 46 heavy (non-hydrogen) atoms. The van der Waals surface area contributed by atoms with E-state index in [9.17, 15) is 32.7 Å². The highest BCUT2D eigenvalue weighted by molar-refractivity contribution is 5.88. The molecule has 0 aliphatic rings. The lowest BCUT2D eigenvalue weighted by molar-refractivity contribution is -0.139. The molecule has 0 unspecified atom stereocenters. The Bertz CT molecular complexity index is 1770. The fraction of sp³-hybridized carbons (Fsp3) is 0.424. The zero-order chi connectivity index (χ0) is 33.9. The van der Waals surface area contributed by atoms with E-state index in [0.29, 0.717) is 22.7 Å². The van der Waals surface area contributed by atoms with E-state index in [4.69, 9.17) is 4.63 Å². The van der Waals surface area contributed by atoms with Crippen LogP contribution >= 0.6 is 0 Å². The third kappa shape index (κ3) is 7.82. The zero-order valence-corrected chi connectivity index (χ0v) is 26.6. The summed E-state index contributed by atoms with van der Waals surface area (Å²) in [5.41, 5.74) is 2.30. The molecule has 0 saturated heterocycles. The second-order valence-corrected chi connectivity index (χ2v) is 12.3. The first-order valence-corrected chi connectivity index (χ1v) is 14.9. The largest absolute Gasteiger partial charge is 0.481 e. The average molecular weight is 642 g/mol. The Hall–Kier alpha value is -4.52. The normalized spacial score (nSPS) is 13.4. The molecular formula is C33H38F3N5O5. The first-order valence-electron chi connectivity index (χ1n) is 14.9. The number of aryl methyl sites for hydroxylation is 2. The Morgan fingerprint density at radius 3 is 2.35 bits per heavy atom. The van der Waals surface area contributed by atoms with Crippen LogP contribution in [0.4, 0.5) is 13.2 Å². The number of aliphatic carboxylic acids is 1. The molecule has 0 fully saturated rings. The van der Waals surface area contributed by atoms with Crippen molar-refractivity contribution in [1.82, 2.24) is 25.1 Å². The molecular weight excluding hydrogens is 603 g/mol. The number of aromatic nitrogens is 3. The minimum atomic E-state index is -4.76. The number of hydrogen-bond donors (Lipinski definition) is 2. The Labute approximate surface area is 264 Å². The molecule has 0 aliphatic heterocycles. The monoisotopic (exact) mass is 641 g/mol. The maximum absolute atomic E-state index is 14.0. The molecule has 2 aromatic heterocycles. The highest BCUT2D eigenvalue weighted by atomic mass is 19.4. The fourth-order valence-electron chi connectivity index (χ4n) is 5.71. The molecule has 0 spiro atoms. The van der Waals surface area contributed by atoms with Gasteiger partial charge in [0.15, 0.2) is 0 Å². The van der Waals surface area contributed by atoms with Crippen LogP contribution in [0.2, 0.25) is 0 Å². The first-order chi connectivity index (χ1) is 21.6. The van der Waals surface area contributed by atoms with Crippen LogP contribution in [-0.2, 0) is 22.2 Å². The summed E-state index contributed by atoms with van der Waals surface area (Å²) in [6.45, 7) is 7.79. The van der Waals surface area contributed by atoms with E-state index in [1.54, 1.807) is 31.1 Å². The van der Waals surface area contributed by atoms with Crippen molar-refractivity contribution < 1.29 is 32.5 Å². The Morgan fingerprint density at radius 2 is 1.76 bits per heavy atom. The molecule has 0 aliphatic carbocycles. The van der Waals surface area contributed by atoms with Gasteiger partial charge in [0.1, 0.15) is 17.1 Å². The van der Waals surface area contributed by atoms with Gasteiger partial charge in [0.2, 0.25) is 5.91 Å². The Morgan fingerprint density at radius 1 is 1.09 bits per heavy atom. The van der Waals surface area contributed by atoms with E-state index in [-0.39, 0.29) is 36.4 Å². The van der Waals surface area contributed by atoms with Crippen LogP contribution < -0.4 is 10.9 Å². The van der Waals surface area contributed by atoms with E-state index < -0.39 is 47.7 Å². The van der Waals surface area contributed by atoms with Crippen molar-refractivity contribution in [2.45, 2.75) is 65.2 Å². The number of carboxylic acid groups (broad SMARTS) is 1. The Balaban J connectivity index is 1.82. The van der Waals surface area contributed by atoms with Crippen LogP contribution in [0.15, 0.2) is 52.0 Å². The second kappa shape index (κ2) is 13.9. The standard InChI is InChI=1S/C33H38F3N5O5/c1-18(2)12-27(41-17-21(10-11-40(5)6)24(15-28(41)42)33(34,35)36)32(45)37-25(16-29(43)44)23-13-22(14-26-31(23)39-46-38-26)30-19(3)8-7-9-20(30)4/h7-9,13-15,17-18,25,27H,10-12,16H2,1-6H3,(H,37,45)(H,43,44)/t25-,27-/m0/s1. The molecule has 0 radical (unpaired) electrons. The third-order valence-electron chi connectivity index (χ3n) is 7.86. The van der Waals surface area contributed by atoms with Crippen molar-refractivity contribution in [3.63, 3.8) is 0 Å². The number of carboxylic acids is 1. The summed E-state index contributed by atoms with van der Waals surface area (Å²) in [4.78, 5) is 41.0. The quantitative estimate of drug-likeness (QED) is 0.201. The number of fused-ring (bicyclic) bond motifs is 1. The molecule has 246 valence electrons. The van der Waals surface area contributed by atoms with Gasteiger partial charge in [0.25, 0.3) is 5.56 Å². The Kier molecular flexibility index (Phi) is 10.3. The molecule has 2 aromatic carbocycles. The van der Waals surface area contributed by atoms with Gasteiger partial charge in [-0.25, -0.2) is 4.63 Å². The number of rotatable bonds is 12. The highest BCUT2D eigenvalue weighted by Gasteiger charge is 2.36. The first kappa shape index (κ1) is 34.4. The van der Waals surface area contributed by atoms with Crippen LogP contribution in [-0.4, -0.2) is 57.4 Å². The SMILES string of the molecule is Cc1cccc(C)c1-c1cc([C@H](CC(=O)O)NC(=O)[C@H](CC(C)C)n2cc(CCN(C)C)c(C(F)(F)F)cc2=O)c2nonc2c1. The van der Waals surface area contributed by atoms with Gasteiger partial charge < -0.3 is 19.9 Å². The van der Waals surface area contributed by atoms with Crippen molar-refractivity contribution >= 4 is 22.9 Å². The van der Waals surface area contributed by atoms with Gasteiger partial charge in [-0.3, -0.25) is 14.4 Å². The topological polar surface area (TPSA) is 131 Å². The van der Waals surface area contributed by atoms with E-state index in [0.717, 1.165) is 27.5 Å². The molecule has 13 heteroatoms. The summed E-state index contributed by atoms with van der Waals surface area (Å²) in [5, 5.41) is 20.6. The van der Waals surface area contributed by atoms with Crippen molar-refractivity contribution in [1.29, 1.82) is 0 Å². The number of carbonyl (C=O) groups excluding carboxylic acids is 1. The van der Waals surface area contributed by atoms with Gasteiger partial charge in [-0.15, -0.1) is 0 Å². The maximum Gasteiger partial charge on any atom is 0.416 e. The number of benzene rings is 2. The molecule has 0 saturated carbocycles. The minimum absolute atomic E-state index is 0.0119. The number of amides is 1. The van der Waals surface area contributed by atoms with Crippen LogP contribution in [0.5, 0.6) is 0 Å². The van der Waals surface area contributed by atoms with Crippen LogP contribution in [0.25, 0.3) is 22.2 Å². The lowest BCUT2D eigenvalue weighted by Gasteiger charge is -2.26. The predicted octanol–water partition coefficient (Wildman–Crippen LogP) is 5.71. The fourth-order valence-corrected chi connectivity index (χ4v) is 5.71. The molecule has 2 N–H and O–H groups in total. The summed E-state index contributed by atoms with van der Waals surface area (Å²) in [6, 6.07) is 7.46. The lowest BCUT2D eigenvalue weighted by atomic mass is 9.91. The van der Waals surface area contributed by atoms with Crippen LogP contribution in [0.1, 0.15) is 66.6 Å². The summed E-state index contributed by atoms with van der Waals surface area (Å²) in [7, 11) is 3.44. The predicted molar refractivity (Wildman–Crippen MR) is 166 cm³/mol. The summed E-state index contributed by atoms with van der Waals surface area (Å²) in [6.07, 6.45) is -4.11. The summed E-state index contributed by atoms with van der Waals surface area (Å²) in [5.74, 6) is -2.08. The number of hydrogen-bond acceptors (Lipinski definition) is 7. The number of nitrogens with zero attached hydrogens (tertiary/aromatic N) is 4. The van der Waals surface area contributed by atoms with Crippen molar-refractivity contribution in [3.8, 4) is 11.1 Å². The van der Waals surface area contributed by atoms with Crippen LogP contribution in [0, 0.1) is 19.8 Å². The lowest BCUT2D eigenvalue weighted by Crippen LogP contribution is -2.40. The van der Waals surface area contributed by atoms with Gasteiger partial charge >= 0.3 is 12.1 Å². The molecule has 1 amide bonds. The molecule has 10 nitrogen and oxygen atoms in total. The molecule has 4 aromatic rings. The van der Waals surface area contributed by atoms with Crippen molar-refractivity contribution in [2.24, 2.45) is 5.92 Å². The number of pyridine rings is 1. The average Bonchev–Trinajstić information content (AvgIpc) is 3.42. The smallest absolute Gasteiger partial charge is 0.416 e. The van der Waals surface area contributed by atoms with Gasteiger partial charge in [0.05, 0.1) is 18.0 Å². The van der Waals surface area contributed by atoms with E-state index >= 15 is 0 Å². The van der Waals surface area contributed by atoms with Crippen molar-refractivity contribution in [3.05, 3.63) is 80.8 Å². The second-order valence-electron chi connectivity index (χ2n) is 12.3. The number of likely N-dealkylation sites (N-methyl/N-ethyl adjacent to an activating group) is 1. The van der Waals surface area contributed by atoms with E-state index in [1.165, 1.54) is 0 Å². The maximum atomic E-state index is 14.0. The number of halogens is 3. The molecule has 2 atom stereocenters. The van der Waals surface area contributed by atoms with Gasteiger partial charge in [0, 0.05) is 24.4 Å². The van der Waals surface area contributed by atoms with E-state index in [2.05, 4.69) is 15.6 Å². The number of nitrogens with one attached hydrogen (secondary N) is 1. The number of alkyl halides is 3. The van der Waals surface area contributed by atoms with Gasteiger partial charge in [-0.2, -0.15) is 13.2 Å². The van der Waals surface area contributed by atoms with Crippen molar-refractivity contribution in [2.75, 3.05) is 20.6 Å². The van der Waals surface area contributed by atoms with Gasteiger partial charge in [-0.1, -0.05) is 32.0 Å². The third-order valence-corrected chi connectivity index (χ3v) is 7.86. The van der Waals surface area contributed by atoms with Gasteiger partial charge in [-0.05, 0) is 97.0 Å². The zero-order valence-electron chi connectivity index (χ0n) is 26.6. The molecule has 4 rings (SSSR count). The van der Waals surface area contributed by atoms with E-state index in [1.807, 2.05) is 45.9 Å².